The van der Waals surface area contributed by atoms with Gasteiger partial charge in [-0.3, -0.25) is 4.79 Å². The van der Waals surface area contributed by atoms with Gasteiger partial charge >= 0.3 is 0 Å². The van der Waals surface area contributed by atoms with Crippen molar-refractivity contribution in [1.29, 1.82) is 0 Å². The van der Waals surface area contributed by atoms with E-state index in [1.54, 1.807) is 6.20 Å². The first kappa shape index (κ1) is 17.7. The van der Waals surface area contributed by atoms with E-state index in [0.717, 1.165) is 30.4 Å². The van der Waals surface area contributed by atoms with Crippen LogP contribution in [0.1, 0.15) is 44.2 Å². The number of nitrogens with one attached hydrogen (secondary N) is 1. The van der Waals surface area contributed by atoms with Crippen LogP contribution in [0.3, 0.4) is 0 Å². The molecule has 1 aliphatic carbocycles. The molecule has 0 unspecified atom stereocenters. The number of pyridine rings is 1. The lowest BCUT2D eigenvalue weighted by molar-refractivity contribution is -0.130. The van der Waals surface area contributed by atoms with Gasteiger partial charge in [0.2, 0.25) is 11.8 Å². The molecule has 5 heteroatoms. The molecular formula is C20H23ClN2O2. The Bertz CT molecular complexity index is 722. The monoisotopic (exact) mass is 358 g/mol. The second-order valence-electron chi connectivity index (χ2n) is 6.80. The zero-order valence-electron chi connectivity index (χ0n) is 14.6. The van der Waals surface area contributed by atoms with Gasteiger partial charge < -0.3 is 10.1 Å². The summed E-state index contributed by atoms with van der Waals surface area (Å²) in [4.78, 5) is 17.1. The van der Waals surface area contributed by atoms with Gasteiger partial charge in [-0.15, -0.1) is 0 Å². The minimum atomic E-state index is -0.418. The summed E-state index contributed by atoms with van der Waals surface area (Å²) in [7, 11) is 0. The molecule has 0 spiro atoms. The molecule has 1 fully saturated rings. The van der Waals surface area contributed by atoms with Gasteiger partial charge in [0.25, 0.3) is 0 Å². The Hall–Kier alpha value is -2.07. The highest BCUT2D eigenvalue weighted by Crippen LogP contribution is 2.44. The zero-order chi connectivity index (χ0) is 17.9. The largest absolute Gasteiger partial charge is 0.475 e. The maximum atomic E-state index is 12.8. The first-order valence-corrected chi connectivity index (χ1v) is 9.03. The van der Waals surface area contributed by atoms with Crippen molar-refractivity contribution in [2.24, 2.45) is 0 Å². The third-order valence-electron chi connectivity index (χ3n) is 4.65. The Morgan fingerprint density at radius 2 is 1.96 bits per heavy atom. The molecule has 0 saturated heterocycles. The number of nitrogens with zero attached hydrogens (tertiary/aromatic N) is 1. The molecule has 2 aromatic rings. The van der Waals surface area contributed by atoms with Crippen LogP contribution in [0, 0.1) is 0 Å². The minimum absolute atomic E-state index is 0.0728. The molecule has 3 rings (SSSR count). The fourth-order valence-electron chi connectivity index (χ4n) is 3.12. The van der Waals surface area contributed by atoms with Crippen LogP contribution in [0.4, 0.5) is 0 Å². The van der Waals surface area contributed by atoms with Crippen molar-refractivity contribution in [1.82, 2.24) is 10.3 Å². The van der Waals surface area contributed by atoms with E-state index in [4.69, 9.17) is 16.3 Å². The fourth-order valence-corrected chi connectivity index (χ4v) is 3.25. The van der Waals surface area contributed by atoms with Crippen molar-refractivity contribution >= 4 is 17.5 Å². The van der Waals surface area contributed by atoms with Crippen LogP contribution in [0.5, 0.6) is 5.88 Å². The Morgan fingerprint density at radius 1 is 1.24 bits per heavy atom. The summed E-state index contributed by atoms with van der Waals surface area (Å²) in [6.07, 6.45) is 4.66. The second kappa shape index (κ2) is 7.44. The van der Waals surface area contributed by atoms with E-state index in [1.807, 2.05) is 50.2 Å². The number of aromatic nitrogens is 1. The third-order valence-corrected chi connectivity index (χ3v) is 4.90. The Labute approximate surface area is 153 Å². The number of ether oxygens (including phenoxy) is 1. The van der Waals surface area contributed by atoms with Crippen molar-refractivity contribution in [3.8, 4) is 5.88 Å². The summed E-state index contributed by atoms with van der Waals surface area (Å²) < 4.78 is 5.53. The van der Waals surface area contributed by atoms with Crippen molar-refractivity contribution in [3.05, 3.63) is 58.7 Å². The molecule has 0 radical (unpaired) electrons. The SMILES string of the molecule is CC(C)Oc1ccc(CNC(=O)C2(c3ccc(Cl)cc3)CCC2)cn1. The van der Waals surface area contributed by atoms with E-state index in [2.05, 4.69) is 10.3 Å². The quantitative estimate of drug-likeness (QED) is 0.839. The summed E-state index contributed by atoms with van der Waals surface area (Å²) in [5.41, 5.74) is 1.58. The molecule has 1 aromatic heterocycles. The highest BCUT2D eigenvalue weighted by Gasteiger charge is 2.45. The Balaban J connectivity index is 1.64. The molecule has 132 valence electrons. The molecule has 1 saturated carbocycles. The second-order valence-corrected chi connectivity index (χ2v) is 7.23. The first-order valence-electron chi connectivity index (χ1n) is 8.65. The standard InChI is InChI=1S/C20H23ClN2O2/c1-14(2)25-18-9-4-15(12-22-18)13-23-19(24)20(10-3-11-20)16-5-7-17(21)8-6-16/h4-9,12,14H,3,10-11,13H2,1-2H3,(H,23,24). The lowest BCUT2D eigenvalue weighted by Gasteiger charge is -2.40. The Morgan fingerprint density at radius 3 is 2.48 bits per heavy atom. The van der Waals surface area contributed by atoms with Crippen LogP contribution < -0.4 is 10.1 Å². The fraction of sp³-hybridized carbons (Fsp3) is 0.400. The third kappa shape index (κ3) is 3.96. The van der Waals surface area contributed by atoms with E-state index < -0.39 is 5.41 Å². The molecule has 0 bridgehead atoms. The van der Waals surface area contributed by atoms with Crippen molar-refractivity contribution in [2.45, 2.75) is 51.2 Å². The summed E-state index contributed by atoms with van der Waals surface area (Å²) in [5, 5.41) is 3.75. The van der Waals surface area contributed by atoms with Gasteiger partial charge in [-0.2, -0.15) is 0 Å². The summed E-state index contributed by atoms with van der Waals surface area (Å²) in [6, 6.07) is 11.4. The first-order chi connectivity index (χ1) is 12.0. The average molecular weight is 359 g/mol. The number of halogens is 1. The van der Waals surface area contributed by atoms with Gasteiger partial charge in [0, 0.05) is 23.8 Å². The normalized spacial score (nSPS) is 15.5. The predicted molar refractivity (Wildman–Crippen MR) is 98.8 cm³/mol. The van der Waals surface area contributed by atoms with Crippen LogP contribution in [-0.2, 0) is 16.8 Å². The number of carbonyl (C=O) groups excluding carboxylic acids is 1. The van der Waals surface area contributed by atoms with Gasteiger partial charge in [-0.25, -0.2) is 4.98 Å². The molecule has 1 amide bonds. The smallest absolute Gasteiger partial charge is 0.230 e. The van der Waals surface area contributed by atoms with E-state index in [1.165, 1.54) is 0 Å². The lowest BCUT2D eigenvalue weighted by Crippen LogP contribution is -2.48. The van der Waals surface area contributed by atoms with Crippen LogP contribution >= 0.6 is 11.6 Å². The van der Waals surface area contributed by atoms with Crippen molar-refractivity contribution in [2.75, 3.05) is 0 Å². The summed E-state index contributed by atoms with van der Waals surface area (Å²) in [6.45, 7) is 4.39. The molecule has 1 aromatic carbocycles. The molecule has 1 N–H and O–H groups in total. The number of rotatable bonds is 6. The number of benzene rings is 1. The van der Waals surface area contributed by atoms with Gasteiger partial charge in [-0.05, 0) is 49.9 Å². The minimum Gasteiger partial charge on any atom is -0.475 e. The van der Waals surface area contributed by atoms with Crippen molar-refractivity contribution in [3.63, 3.8) is 0 Å². The molecule has 4 nitrogen and oxygen atoms in total. The molecular weight excluding hydrogens is 336 g/mol. The van der Waals surface area contributed by atoms with Gasteiger partial charge in [0.05, 0.1) is 11.5 Å². The van der Waals surface area contributed by atoms with Crippen LogP contribution in [-0.4, -0.2) is 17.0 Å². The zero-order valence-corrected chi connectivity index (χ0v) is 15.3. The average Bonchev–Trinajstić information content (AvgIpc) is 2.54. The highest BCUT2D eigenvalue weighted by atomic mass is 35.5. The van der Waals surface area contributed by atoms with E-state index in [0.29, 0.717) is 17.4 Å². The van der Waals surface area contributed by atoms with E-state index in [-0.39, 0.29) is 12.0 Å². The predicted octanol–water partition coefficient (Wildman–Crippen LogP) is 4.26. The van der Waals surface area contributed by atoms with E-state index >= 15 is 0 Å². The molecule has 0 aliphatic heterocycles. The van der Waals surface area contributed by atoms with Gasteiger partial charge in [0.15, 0.2) is 0 Å². The molecule has 1 heterocycles. The van der Waals surface area contributed by atoms with Crippen LogP contribution in [0.25, 0.3) is 0 Å². The van der Waals surface area contributed by atoms with Crippen LogP contribution in [0.15, 0.2) is 42.6 Å². The number of hydrogen-bond donors (Lipinski definition) is 1. The highest BCUT2D eigenvalue weighted by molar-refractivity contribution is 6.30. The van der Waals surface area contributed by atoms with Gasteiger partial charge in [0.1, 0.15) is 0 Å². The number of amides is 1. The topological polar surface area (TPSA) is 51.2 Å². The maximum Gasteiger partial charge on any atom is 0.230 e. The summed E-state index contributed by atoms with van der Waals surface area (Å²) in [5.74, 6) is 0.672. The molecule has 25 heavy (non-hydrogen) atoms. The van der Waals surface area contributed by atoms with E-state index in [9.17, 15) is 4.79 Å². The van der Waals surface area contributed by atoms with Crippen molar-refractivity contribution < 1.29 is 9.53 Å². The van der Waals surface area contributed by atoms with Gasteiger partial charge in [-0.1, -0.05) is 36.2 Å². The van der Waals surface area contributed by atoms with Crippen LogP contribution in [0.2, 0.25) is 5.02 Å². The number of carbonyl (C=O) groups is 1. The summed E-state index contributed by atoms with van der Waals surface area (Å²) >= 11 is 5.97. The molecule has 0 atom stereocenters. The number of hydrogen-bond acceptors (Lipinski definition) is 3. The molecule has 1 aliphatic rings. The maximum absolute atomic E-state index is 12.8. The lowest BCUT2D eigenvalue weighted by atomic mass is 9.64. The Kier molecular flexibility index (Phi) is 5.28.